The predicted octanol–water partition coefficient (Wildman–Crippen LogP) is 4.34. The quantitative estimate of drug-likeness (QED) is 0.657. The molecule has 1 saturated heterocycles. The summed E-state index contributed by atoms with van der Waals surface area (Å²) in [5.74, 6) is 0.404. The summed E-state index contributed by atoms with van der Waals surface area (Å²) in [6, 6.07) is 18.6. The minimum atomic E-state index is -1.05. The fourth-order valence-corrected chi connectivity index (χ4v) is 4.45. The number of nitrogens with zero attached hydrogens (tertiary/aromatic N) is 1. The Labute approximate surface area is 167 Å². The van der Waals surface area contributed by atoms with E-state index in [0.29, 0.717) is 11.4 Å². The summed E-state index contributed by atoms with van der Waals surface area (Å²) in [6.07, 6.45) is 0.136. The highest BCUT2D eigenvalue weighted by atomic mass is 32.1. The number of ether oxygens (including phenoxy) is 1. The van der Waals surface area contributed by atoms with Gasteiger partial charge < -0.3 is 10.1 Å². The normalized spacial score (nSPS) is 18.5. The smallest absolute Gasteiger partial charge is 0.256 e. The molecule has 0 aliphatic carbocycles. The first-order chi connectivity index (χ1) is 13.6. The van der Waals surface area contributed by atoms with E-state index in [-0.39, 0.29) is 18.2 Å². The molecule has 1 N–H and O–H groups in total. The molecule has 142 valence electrons. The van der Waals surface area contributed by atoms with E-state index < -0.39 is 5.54 Å². The van der Waals surface area contributed by atoms with E-state index in [1.54, 1.807) is 36.3 Å². The number of carbonyl (C=O) groups is 2. The van der Waals surface area contributed by atoms with E-state index in [1.807, 2.05) is 48.7 Å². The summed E-state index contributed by atoms with van der Waals surface area (Å²) in [5.41, 5.74) is 1.34. The average Bonchev–Trinajstić information content (AvgIpc) is 3.23. The van der Waals surface area contributed by atoms with Crippen LogP contribution in [0.1, 0.15) is 16.9 Å². The molecule has 28 heavy (non-hydrogen) atoms. The largest absolute Gasteiger partial charge is 0.497 e. The van der Waals surface area contributed by atoms with Crippen LogP contribution in [0.3, 0.4) is 0 Å². The number of rotatable bonds is 5. The molecule has 1 aliphatic rings. The highest BCUT2D eigenvalue weighted by Crippen LogP contribution is 2.47. The van der Waals surface area contributed by atoms with Crippen molar-refractivity contribution in [3.8, 4) is 5.75 Å². The maximum Gasteiger partial charge on any atom is 0.256 e. The molecule has 0 bridgehead atoms. The fourth-order valence-electron chi connectivity index (χ4n) is 3.54. The summed E-state index contributed by atoms with van der Waals surface area (Å²) in [4.78, 5) is 28.6. The van der Waals surface area contributed by atoms with Crippen molar-refractivity contribution in [3.63, 3.8) is 0 Å². The molecule has 1 atom stereocenters. The highest BCUT2D eigenvalue weighted by Gasteiger charge is 2.59. The third-order valence-corrected chi connectivity index (χ3v) is 6.09. The Morgan fingerprint density at radius 1 is 1.11 bits per heavy atom. The molecule has 5 nitrogen and oxygen atoms in total. The van der Waals surface area contributed by atoms with Crippen LogP contribution in [0.2, 0.25) is 0 Å². The van der Waals surface area contributed by atoms with Crippen molar-refractivity contribution in [1.29, 1.82) is 0 Å². The second kappa shape index (κ2) is 7.13. The number of nitrogens with one attached hydrogen (secondary N) is 1. The monoisotopic (exact) mass is 392 g/mol. The number of thiophene rings is 1. The van der Waals surface area contributed by atoms with Gasteiger partial charge in [0.1, 0.15) is 5.75 Å². The van der Waals surface area contributed by atoms with Crippen LogP contribution in [0.25, 0.3) is 0 Å². The minimum absolute atomic E-state index is 0.0847. The zero-order valence-corrected chi connectivity index (χ0v) is 16.5. The number of aryl methyl sites for hydroxylation is 1. The number of carbonyl (C=O) groups excluding carboxylic acids is 2. The van der Waals surface area contributed by atoms with Crippen molar-refractivity contribution in [2.45, 2.75) is 18.9 Å². The third kappa shape index (κ3) is 2.86. The molecule has 0 saturated carbocycles. The Morgan fingerprint density at radius 3 is 2.46 bits per heavy atom. The Morgan fingerprint density at radius 2 is 1.86 bits per heavy atom. The van der Waals surface area contributed by atoms with Gasteiger partial charge in [0.25, 0.3) is 5.91 Å². The maximum atomic E-state index is 13.5. The Bertz CT molecular complexity index is 1010. The van der Waals surface area contributed by atoms with Crippen molar-refractivity contribution in [1.82, 2.24) is 0 Å². The fraction of sp³-hybridized carbons (Fsp3) is 0.182. The second-order valence-corrected chi connectivity index (χ2v) is 7.66. The van der Waals surface area contributed by atoms with Gasteiger partial charge in [0.05, 0.1) is 13.5 Å². The molecular weight excluding hydrogens is 372 g/mol. The topological polar surface area (TPSA) is 58.6 Å². The molecule has 2 aromatic carbocycles. The van der Waals surface area contributed by atoms with Crippen LogP contribution < -0.4 is 15.0 Å². The molecule has 3 aromatic rings. The maximum absolute atomic E-state index is 13.5. The molecule has 2 heterocycles. The molecule has 6 heteroatoms. The molecule has 2 amide bonds. The van der Waals surface area contributed by atoms with Gasteiger partial charge in [-0.05, 0) is 54.3 Å². The van der Waals surface area contributed by atoms with Crippen LogP contribution in [0.5, 0.6) is 5.75 Å². The van der Waals surface area contributed by atoms with Crippen molar-refractivity contribution >= 4 is 34.5 Å². The van der Waals surface area contributed by atoms with Crippen molar-refractivity contribution < 1.29 is 14.3 Å². The number of amides is 2. The first-order valence-corrected chi connectivity index (χ1v) is 9.82. The lowest BCUT2D eigenvalue weighted by Crippen LogP contribution is -2.67. The van der Waals surface area contributed by atoms with Crippen LogP contribution in [0.15, 0.2) is 66.0 Å². The lowest BCUT2D eigenvalue weighted by molar-refractivity contribution is -0.137. The second-order valence-electron chi connectivity index (χ2n) is 6.71. The number of hydrogen-bond acceptors (Lipinski definition) is 4. The summed E-state index contributed by atoms with van der Waals surface area (Å²) < 4.78 is 5.21. The van der Waals surface area contributed by atoms with E-state index in [0.717, 1.165) is 16.1 Å². The van der Waals surface area contributed by atoms with Gasteiger partial charge in [-0.2, -0.15) is 0 Å². The number of methoxy groups -OCH3 is 1. The van der Waals surface area contributed by atoms with Gasteiger partial charge >= 0.3 is 0 Å². The number of benzene rings is 2. The Balaban J connectivity index is 1.75. The number of para-hydroxylation sites is 1. The minimum Gasteiger partial charge on any atom is -0.497 e. The van der Waals surface area contributed by atoms with E-state index in [4.69, 9.17) is 4.74 Å². The van der Waals surface area contributed by atoms with Gasteiger partial charge in [-0.25, -0.2) is 0 Å². The summed E-state index contributed by atoms with van der Waals surface area (Å²) in [5, 5.41) is 4.96. The zero-order chi connectivity index (χ0) is 19.7. The molecule has 1 aromatic heterocycles. The zero-order valence-electron chi connectivity index (χ0n) is 15.6. The number of β-lactam (4-membered cyclic amide) rings is 1. The third-order valence-electron chi connectivity index (χ3n) is 5.07. The van der Waals surface area contributed by atoms with Crippen molar-refractivity contribution in [3.05, 3.63) is 76.5 Å². The molecule has 0 radical (unpaired) electrons. The average molecular weight is 392 g/mol. The van der Waals surface area contributed by atoms with Crippen LogP contribution >= 0.6 is 11.3 Å². The van der Waals surface area contributed by atoms with Gasteiger partial charge in [0.15, 0.2) is 5.54 Å². The molecule has 1 unspecified atom stereocenters. The molecule has 1 aliphatic heterocycles. The van der Waals surface area contributed by atoms with Crippen molar-refractivity contribution in [2.24, 2.45) is 0 Å². The van der Waals surface area contributed by atoms with Crippen LogP contribution in [0, 0.1) is 6.92 Å². The standard InChI is InChI=1S/C22H20N2O3S/c1-15-6-3-4-7-18(15)23-21(26)22(19-8-5-13-28-19)14-20(25)24(22)16-9-11-17(27-2)12-10-16/h3-13H,14H2,1-2H3,(H,23,26). The van der Waals surface area contributed by atoms with E-state index in [9.17, 15) is 9.59 Å². The summed E-state index contributed by atoms with van der Waals surface area (Å²) >= 11 is 1.48. The summed E-state index contributed by atoms with van der Waals surface area (Å²) in [7, 11) is 1.59. The highest BCUT2D eigenvalue weighted by molar-refractivity contribution is 7.10. The van der Waals surface area contributed by atoms with E-state index in [2.05, 4.69) is 5.32 Å². The van der Waals surface area contributed by atoms with Gasteiger partial charge in [-0.1, -0.05) is 24.3 Å². The number of hydrogen-bond donors (Lipinski definition) is 1. The SMILES string of the molecule is COc1ccc(N2C(=O)CC2(C(=O)Nc2ccccc2C)c2cccs2)cc1. The first-order valence-electron chi connectivity index (χ1n) is 8.94. The lowest BCUT2D eigenvalue weighted by Gasteiger charge is -2.50. The predicted molar refractivity (Wildman–Crippen MR) is 111 cm³/mol. The molecular formula is C22H20N2O3S. The summed E-state index contributed by atoms with van der Waals surface area (Å²) in [6.45, 7) is 1.95. The van der Waals surface area contributed by atoms with Crippen LogP contribution in [-0.4, -0.2) is 18.9 Å². The lowest BCUT2D eigenvalue weighted by atomic mass is 9.80. The van der Waals surface area contributed by atoms with E-state index >= 15 is 0 Å². The molecule has 1 fully saturated rings. The first kappa shape index (κ1) is 18.3. The number of anilines is 2. The van der Waals surface area contributed by atoms with Crippen LogP contribution in [-0.2, 0) is 15.1 Å². The van der Waals surface area contributed by atoms with Gasteiger partial charge in [-0.3, -0.25) is 14.5 Å². The van der Waals surface area contributed by atoms with E-state index in [1.165, 1.54) is 11.3 Å². The molecule has 0 spiro atoms. The van der Waals surface area contributed by atoms with Crippen LogP contribution in [0.4, 0.5) is 11.4 Å². The van der Waals surface area contributed by atoms with Gasteiger partial charge in [0, 0.05) is 16.3 Å². The Hall–Kier alpha value is -3.12. The molecule has 4 rings (SSSR count). The van der Waals surface area contributed by atoms with Gasteiger partial charge in [-0.15, -0.1) is 11.3 Å². The van der Waals surface area contributed by atoms with Crippen molar-refractivity contribution in [2.75, 3.05) is 17.3 Å². The van der Waals surface area contributed by atoms with Gasteiger partial charge in [0.2, 0.25) is 5.91 Å². The Kier molecular flexibility index (Phi) is 4.65.